The Balaban J connectivity index is 2.58. The number of halogens is 1. The number of hydrogen-bond acceptors (Lipinski definition) is 2. The second-order valence-electron chi connectivity index (χ2n) is 3.53. The van der Waals surface area contributed by atoms with Crippen LogP contribution < -0.4 is 4.90 Å². The van der Waals surface area contributed by atoms with Crippen molar-refractivity contribution in [1.82, 2.24) is 0 Å². The van der Waals surface area contributed by atoms with Crippen molar-refractivity contribution in [3.63, 3.8) is 0 Å². The Kier molecular flexibility index (Phi) is 2.82. The molecule has 0 saturated heterocycles. The van der Waals surface area contributed by atoms with E-state index in [2.05, 4.69) is 33.0 Å². The van der Waals surface area contributed by atoms with Crippen molar-refractivity contribution in [3.8, 4) is 11.3 Å². The van der Waals surface area contributed by atoms with E-state index in [0.29, 0.717) is 0 Å². The molecule has 0 atom stereocenters. The summed E-state index contributed by atoms with van der Waals surface area (Å²) in [7, 11) is 4.05. The highest BCUT2D eigenvalue weighted by Gasteiger charge is 2.09. The van der Waals surface area contributed by atoms with Gasteiger partial charge >= 0.3 is 0 Å². The zero-order chi connectivity index (χ0) is 10.8. The molecule has 2 nitrogen and oxygen atoms in total. The smallest absolute Gasteiger partial charge is 0.135 e. The molecule has 0 aliphatic rings. The minimum atomic E-state index is 0.889. The van der Waals surface area contributed by atoms with Crippen molar-refractivity contribution in [2.45, 2.75) is 0 Å². The van der Waals surface area contributed by atoms with E-state index in [0.717, 1.165) is 21.5 Å². The normalized spacial score (nSPS) is 10.3. The molecule has 78 valence electrons. The fourth-order valence-electron chi connectivity index (χ4n) is 1.53. The molecule has 2 rings (SSSR count). The average molecular weight is 266 g/mol. The first-order valence-corrected chi connectivity index (χ1v) is 5.48. The van der Waals surface area contributed by atoms with Crippen molar-refractivity contribution < 1.29 is 4.42 Å². The van der Waals surface area contributed by atoms with Crippen LogP contribution in [0.15, 0.2) is 45.5 Å². The molecule has 0 unspecified atom stereocenters. The van der Waals surface area contributed by atoms with Crippen LogP contribution in [-0.4, -0.2) is 14.1 Å². The minimum Gasteiger partial charge on any atom is -0.464 e. The second kappa shape index (κ2) is 4.11. The first-order chi connectivity index (χ1) is 7.18. The Hall–Kier alpha value is -1.22. The topological polar surface area (TPSA) is 16.4 Å². The maximum absolute atomic E-state index is 5.42. The highest BCUT2D eigenvalue weighted by atomic mass is 79.9. The Morgan fingerprint density at radius 1 is 1.20 bits per heavy atom. The van der Waals surface area contributed by atoms with Crippen LogP contribution >= 0.6 is 15.9 Å². The molecule has 0 N–H and O–H groups in total. The Labute approximate surface area is 97.6 Å². The van der Waals surface area contributed by atoms with Gasteiger partial charge < -0.3 is 9.32 Å². The number of furan rings is 1. The standard InChI is InChI=1S/C12H12BrNO/c1-14(2)11-6-5-9(13)8-10(11)12-4-3-7-15-12/h3-8H,1-2H3. The van der Waals surface area contributed by atoms with Crippen LogP contribution in [0.5, 0.6) is 0 Å². The van der Waals surface area contributed by atoms with Gasteiger partial charge in [0.2, 0.25) is 0 Å². The summed E-state index contributed by atoms with van der Waals surface area (Å²) in [5.41, 5.74) is 2.24. The summed E-state index contributed by atoms with van der Waals surface area (Å²) in [6.45, 7) is 0. The summed E-state index contributed by atoms with van der Waals surface area (Å²) >= 11 is 3.47. The molecule has 0 spiro atoms. The molecule has 0 aliphatic heterocycles. The van der Waals surface area contributed by atoms with E-state index in [4.69, 9.17) is 4.42 Å². The minimum absolute atomic E-state index is 0.889. The first-order valence-electron chi connectivity index (χ1n) is 4.69. The second-order valence-corrected chi connectivity index (χ2v) is 4.45. The summed E-state index contributed by atoms with van der Waals surface area (Å²) in [5, 5.41) is 0. The van der Waals surface area contributed by atoms with Crippen LogP contribution in [0, 0.1) is 0 Å². The molecule has 2 aromatic rings. The fourth-order valence-corrected chi connectivity index (χ4v) is 1.89. The lowest BCUT2D eigenvalue weighted by Gasteiger charge is -2.16. The molecular formula is C12H12BrNO. The first kappa shape index (κ1) is 10.3. The summed E-state index contributed by atoms with van der Waals surface area (Å²) < 4.78 is 6.47. The quantitative estimate of drug-likeness (QED) is 0.822. The molecule has 0 saturated carbocycles. The van der Waals surface area contributed by atoms with E-state index in [1.807, 2.05) is 32.3 Å². The predicted molar refractivity (Wildman–Crippen MR) is 66.2 cm³/mol. The van der Waals surface area contributed by atoms with E-state index in [9.17, 15) is 0 Å². The molecule has 15 heavy (non-hydrogen) atoms. The molecule has 0 aliphatic carbocycles. The van der Waals surface area contributed by atoms with E-state index in [1.165, 1.54) is 0 Å². The SMILES string of the molecule is CN(C)c1ccc(Br)cc1-c1ccco1. The van der Waals surface area contributed by atoms with Crippen LogP contribution in [-0.2, 0) is 0 Å². The zero-order valence-electron chi connectivity index (χ0n) is 8.70. The van der Waals surface area contributed by atoms with Gasteiger partial charge in [0.1, 0.15) is 5.76 Å². The summed E-state index contributed by atoms with van der Waals surface area (Å²) in [6, 6.07) is 10.0. The van der Waals surface area contributed by atoms with Crippen LogP contribution in [0.4, 0.5) is 5.69 Å². The summed E-state index contributed by atoms with van der Waals surface area (Å²) in [6.07, 6.45) is 1.69. The van der Waals surface area contributed by atoms with E-state index in [-0.39, 0.29) is 0 Å². The van der Waals surface area contributed by atoms with Gasteiger partial charge in [-0.1, -0.05) is 15.9 Å². The van der Waals surface area contributed by atoms with Gasteiger partial charge in [-0.15, -0.1) is 0 Å². The highest BCUT2D eigenvalue weighted by Crippen LogP contribution is 2.32. The maximum Gasteiger partial charge on any atom is 0.135 e. The monoisotopic (exact) mass is 265 g/mol. The third-order valence-corrected chi connectivity index (χ3v) is 2.72. The Bertz CT molecular complexity index is 449. The van der Waals surface area contributed by atoms with E-state index >= 15 is 0 Å². The lowest BCUT2D eigenvalue weighted by molar-refractivity contribution is 0.582. The van der Waals surface area contributed by atoms with Crippen molar-refractivity contribution in [1.29, 1.82) is 0 Å². The van der Waals surface area contributed by atoms with Gasteiger partial charge in [0.05, 0.1) is 6.26 Å². The van der Waals surface area contributed by atoms with Crippen LogP contribution in [0.2, 0.25) is 0 Å². The lowest BCUT2D eigenvalue weighted by atomic mass is 10.1. The van der Waals surface area contributed by atoms with E-state index < -0.39 is 0 Å². The van der Waals surface area contributed by atoms with Crippen molar-refractivity contribution >= 4 is 21.6 Å². The van der Waals surface area contributed by atoms with Crippen LogP contribution in [0.1, 0.15) is 0 Å². The number of anilines is 1. The molecule has 1 aromatic heterocycles. The fraction of sp³-hybridized carbons (Fsp3) is 0.167. The molecule has 1 aromatic carbocycles. The van der Waals surface area contributed by atoms with Crippen molar-refractivity contribution in [3.05, 3.63) is 41.1 Å². The van der Waals surface area contributed by atoms with Crippen LogP contribution in [0.3, 0.4) is 0 Å². The van der Waals surface area contributed by atoms with E-state index in [1.54, 1.807) is 6.26 Å². The number of nitrogens with zero attached hydrogens (tertiary/aromatic N) is 1. The lowest BCUT2D eigenvalue weighted by Crippen LogP contribution is -2.09. The highest BCUT2D eigenvalue weighted by molar-refractivity contribution is 9.10. The third-order valence-electron chi connectivity index (χ3n) is 2.23. The van der Waals surface area contributed by atoms with Crippen LogP contribution in [0.25, 0.3) is 11.3 Å². The molecule has 0 radical (unpaired) electrons. The van der Waals surface area contributed by atoms with Crippen molar-refractivity contribution in [2.75, 3.05) is 19.0 Å². The Morgan fingerprint density at radius 3 is 2.60 bits per heavy atom. The van der Waals surface area contributed by atoms with Gasteiger partial charge in [0.15, 0.2) is 0 Å². The molecule has 0 fully saturated rings. The zero-order valence-corrected chi connectivity index (χ0v) is 10.3. The van der Waals surface area contributed by atoms with Gasteiger partial charge in [0, 0.05) is 29.8 Å². The largest absolute Gasteiger partial charge is 0.464 e. The number of benzene rings is 1. The summed E-state index contributed by atoms with van der Waals surface area (Å²) in [5.74, 6) is 0.889. The van der Waals surface area contributed by atoms with Gasteiger partial charge in [-0.2, -0.15) is 0 Å². The molecular weight excluding hydrogens is 254 g/mol. The molecule has 1 heterocycles. The number of rotatable bonds is 2. The predicted octanol–water partition coefficient (Wildman–Crippen LogP) is 3.78. The molecule has 0 bridgehead atoms. The average Bonchev–Trinajstić information content (AvgIpc) is 2.69. The molecule has 0 amide bonds. The molecule has 3 heteroatoms. The van der Waals surface area contributed by atoms with Gasteiger partial charge in [0.25, 0.3) is 0 Å². The Morgan fingerprint density at radius 2 is 2.00 bits per heavy atom. The van der Waals surface area contributed by atoms with Gasteiger partial charge in [-0.25, -0.2) is 0 Å². The van der Waals surface area contributed by atoms with Crippen molar-refractivity contribution in [2.24, 2.45) is 0 Å². The maximum atomic E-state index is 5.42. The van der Waals surface area contributed by atoms with Gasteiger partial charge in [-0.3, -0.25) is 0 Å². The third kappa shape index (κ3) is 2.07. The van der Waals surface area contributed by atoms with Gasteiger partial charge in [-0.05, 0) is 30.3 Å². The number of hydrogen-bond donors (Lipinski definition) is 0. The summed E-state index contributed by atoms with van der Waals surface area (Å²) in [4.78, 5) is 2.07.